The summed E-state index contributed by atoms with van der Waals surface area (Å²) < 4.78 is 39.4. The number of hydrogen-bond acceptors (Lipinski definition) is 2. The van der Waals surface area contributed by atoms with Gasteiger partial charge in [0.2, 0.25) is 0 Å². The third-order valence-electron chi connectivity index (χ3n) is 2.43. The fourth-order valence-corrected chi connectivity index (χ4v) is 1.59. The molecule has 18 heavy (non-hydrogen) atoms. The first-order valence-electron chi connectivity index (χ1n) is 4.89. The maximum absolute atomic E-state index is 13.6. The van der Waals surface area contributed by atoms with E-state index in [0.717, 1.165) is 18.2 Å². The number of rotatable bonds is 2. The van der Waals surface area contributed by atoms with E-state index in [1.807, 2.05) is 0 Å². The second-order valence-electron chi connectivity index (χ2n) is 3.50. The van der Waals surface area contributed by atoms with Crippen LogP contribution >= 0.6 is 0 Å². The minimum Gasteiger partial charge on any atom is -0.258 e. The zero-order valence-electron chi connectivity index (χ0n) is 8.86. The number of halogens is 3. The predicted octanol–water partition coefficient (Wildman–Crippen LogP) is 3.68. The molecule has 0 aliphatic rings. The van der Waals surface area contributed by atoms with Crippen molar-refractivity contribution < 1.29 is 18.1 Å². The number of nitro groups is 1. The molecule has 2 aromatic carbocycles. The molecule has 92 valence electrons. The van der Waals surface area contributed by atoms with Crippen molar-refractivity contribution in [3.8, 4) is 11.1 Å². The number of para-hydroxylation sites is 1. The van der Waals surface area contributed by atoms with Gasteiger partial charge in [-0.05, 0) is 18.2 Å². The molecule has 0 bridgehead atoms. The topological polar surface area (TPSA) is 43.1 Å². The Balaban J connectivity index is 2.70. The lowest BCUT2D eigenvalue weighted by Gasteiger charge is -2.05. The molecule has 0 spiro atoms. The zero-order chi connectivity index (χ0) is 13.3. The first-order chi connectivity index (χ1) is 8.52. The SMILES string of the molecule is O=[N+]([O-])c1ccccc1-c1ccc(F)c(F)c1F. The predicted molar refractivity (Wildman–Crippen MR) is 58.4 cm³/mol. The number of nitro benzene ring substituents is 1. The van der Waals surface area contributed by atoms with Crippen LogP contribution in [0.4, 0.5) is 18.9 Å². The minimum absolute atomic E-state index is 0.0982. The number of benzene rings is 2. The van der Waals surface area contributed by atoms with E-state index in [0.29, 0.717) is 0 Å². The Bertz CT molecular complexity index is 629. The van der Waals surface area contributed by atoms with E-state index in [1.54, 1.807) is 0 Å². The van der Waals surface area contributed by atoms with Crippen molar-refractivity contribution in [3.05, 3.63) is 64.0 Å². The van der Waals surface area contributed by atoms with Crippen LogP contribution < -0.4 is 0 Å². The van der Waals surface area contributed by atoms with E-state index in [4.69, 9.17) is 0 Å². The molecule has 0 unspecified atom stereocenters. The summed E-state index contributed by atoms with van der Waals surface area (Å²) in [5.74, 6) is -4.43. The largest absolute Gasteiger partial charge is 0.277 e. The van der Waals surface area contributed by atoms with Crippen molar-refractivity contribution >= 4 is 5.69 Å². The molecule has 0 atom stereocenters. The van der Waals surface area contributed by atoms with Crippen LogP contribution in [0.15, 0.2) is 36.4 Å². The summed E-state index contributed by atoms with van der Waals surface area (Å²) in [5, 5.41) is 10.8. The van der Waals surface area contributed by atoms with Crippen molar-refractivity contribution in [2.45, 2.75) is 0 Å². The molecule has 2 aromatic rings. The Morgan fingerprint density at radius 2 is 1.56 bits per heavy atom. The maximum atomic E-state index is 13.6. The quantitative estimate of drug-likeness (QED) is 0.465. The molecule has 0 aliphatic carbocycles. The van der Waals surface area contributed by atoms with Crippen LogP contribution in [0.25, 0.3) is 11.1 Å². The summed E-state index contributed by atoms with van der Waals surface area (Å²) >= 11 is 0. The fourth-order valence-electron chi connectivity index (χ4n) is 1.59. The molecule has 0 aromatic heterocycles. The van der Waals surface area contributed by atoms with Crippen molar-refractivity contribution in [2.75, 3.05) is 0 Å². The van der Waals surface area contributed by atoms with Gasteiger partial charge in [-0.3, -0.25) is 10.1 Å². The van der Waals surface area contributed by atoms with Crippen molar-refractivity contribution in [1.82, 2.24) is 0 Å². The Kier molecular flexibility index (Phi) is 3.01. The smallest absolute Gasteiger partial charge is 0.258 e. The lowest BCUT2D eigenvalue weighted by molar-refractivity contribution is -0.384. The average Bonchev–Trinajstić information content (AvgIpc) is 2.36. The average molecular weight is 253 g/mol. The summed E-state index contributed by atoms with van der Waals surface area (Å²) in [6.07, 6.45) is 0. The monoisotopic (exact) mass is 253 g/mol. The highest BCUT2D eigenvalue weighted by molar-refractivity contribution is 5.73. The van der Waals surface area contributed by atoms with E-state index in [9.17, 15) is 23.3 Å². The Labute approximate surface area is 99.6 Å². The van der Waals surface area contributed by atoms with Gasteiger partial charge in [-0.1, -0.05) is 12.1 Å². The fraction of sp³-hybridized carbons (Fsp3) is 0. The Morgan fingerprint density at radius 1 is 0.889 bits per heavy atom. The number of hydrogen-bond donors (Lipinski definition) is 0. The first kappa shape index (κ1) is 12.1. The van der Waals surface area contributed by atoms with Crippen LogP contribution in [-0.2, 0) is 0 Å². The lowest BCUT2D eigenvalue weighted by Crippen LogP contribution is -1.97. The van der Waals surface area contributed by atoms with E-state index in [2.05, 4.69) is 0 Å². The molecule has 0 fully saturated rings. The van der Waals surface area contributed by atoms with E-state index >= 15 is 0 Å². The Morgan fingerprint density at radius 3 is 2.22 bits per heavy atom. The van der Waals surface area contributed by atoms with Crippen LogP contribution in [0.3, 0.4) is 0 Å². The van der Waals surface area contributed by atoms with E-state index in [1.165, 1.54) is 18.2 Å². The number of nitrogens with zero attached hydrogens (tertiary/aromatic N) is 1. The van der Waals surface area contributed by atoms with Gasteiger partial charge in [-0.2, -0.15) is 0 Å². The highest BCUT2D eigenvalue weighted by Crippen LogP contribution is 2.32. The maximum Gasteiger partial charge on any atom is 0.277 e. The Hall–Kier alpha value is -2.37. The van der Waals surface area contributed by atoms with Crippen molar-refractivity contribution in [3.63, 3.8) is 0 Å². The molecular formula is C12H6F3NO2. The zero-order valence-corrected chi connectivity index (χ0v) is 8.86. The third-order valence-corrected chi connectivity index (χ3v) is 2.43. The van der Waals surface area contributed by atoms with Gasteiger partial charge in [-0.25, -0.2) is 13.2 Å². The van der Waals surface area contributed by atoms with Gasteiger partial charge in [0.15, 0.2) is 17.5 Å². The van der Waals surface area contributed by atoms with Crippen LogP contribution in [0, 0.1) is 27.6 Å². The summed E-state index contributed by atoms with van der Waals surface area (Å²) in [5.41, 5.74) is -0.817. The highest BCUT2D eigenvalue weighted by atomic mass is 19.2. The van der Waals surface area contributed by atoms with Crippen LogP contribution in [0.2, 0.25) is 0 Å². The second kappa shape index (κ2) is 4.48. The molecule has 0 saturated heterocycles. The molecule has 3 nitrogen and oxygen atoms in total. The van der Waals surface area contributed by atoms with Gasteiger partial charge in [0, 0.05) is 11.6 Å². The van der Waals surface area contributed by atoms with Crippen LogP contribution in [0.5, 0.6) is 0 Å². The van der Waals surface area contributed by atoms with Gasteiger partial charge in [0.25, 0.3) is 5.69 Å². The van der Waals surface area contributed by atoms with Crippen LogP contribution in [-0.4, -0.2) is 4.92 Å². The normalized spacial score (nSPS) is 10.4. The molecular weight excluding hydrogens is 247 g/mol. The van der Waals surface area contributed by atoms with E-state index in [-0.39, 0.29) is 16.8 Å². The van der Waals surface area contributed by atoms with Gasteiger partial charge in [0.1, 0.15) is 0 Å². The minimum atomic E-state index is -1.65. The molecule has 0 amide bonds. The molecule has 0 aliphatic heterocycles. The van der Waals surface area contributed by atoms with Gasteiger partial charge in [-0.15, -0.1) is 0 Å². The lowest BCUT2D eigenvalue weighted by atomic mass is 10.0. The summed E-state index contributed by atoms with van der Waals surface area (Å²) in [6, 6.07) is 6.98. The third kappa shape index (κ3) is 1.92. The van der Waals surface area contributed by atoms with Crippen LogP contribution in [0.1, 0.15) is 0 Å². The standard InChI is InChI=1S/C12H6F3NO2/c13-9-6-5-8(11(14)12(9)15)7-3-1-2-4-10(7)16(17)18/h1-6H. The molecule has 6 heteroatoms. The second-order valence-corrected chi connectivity index (χ2v) is 3.50. The molecule has 0 heterocycles. The summed E-state index contributed by atoms with van der Waals surface area (Å²) in [6.45, 7) is 0. The van der Waals surface area contributed by atoms with Gasteiger partial charge >= 0.3 is 0 Å². The summed E-state index contributed by atoms with van der Waals surface area (Å²) in [7, 11) is 0. The molecule has 0 N–H and O–H groups in total. The first-order valence-corrected chi connectivity index (χ1v) is 4.89. The van der Waals surface area contributed by atoms with Gasteiger partial charge < -0.3 is 0 Å². The molecule has 0 saturated carbocycles. The van der Waals surface area contributed by atoms with Gasteiger partial charge in [0.05, 0.1) is 10.5 Å². The summed E-state index contributed by atoms with van der Waals surface area (Å²) in [4.78, 5) is 10.1. The molecule has 0 radical (unpaired) electrons. The van der Waals surface area contributed by atoms with Crippen molar-refractivity contribution in [1.29, 1.82) is 0 Å². The highest BCUT2D eigenvalue weighted by Gasteiger charge is 2.20. The van der Waals surface area contributed by atoms with E-state index < -0.39 is 22.4 Å². The van der Waals surface area contributed by atoms with Crippen molar-refractivity contribution in [2.24, 2.45) is 0 Å². The molecule has 2 rings (SSSR count).